The third kappa shape index (κ3) is 3.88. The minimum atomic E-state index is -0.285. The van der Waals surface area contributed by atoms with Crippen LogP contribution in [0.5, 0.6) is 0 Å². The highest BCUT2D eigenvalue weighted by molar-refractivity contribution is 5.91. The number of hydrogen-bond donors (Lipinski definition) is 1. The van der Waals surface area contributed by atoms with Crippen molar-refractivity contribution in [3.63, 3.8) is 0 Å². The molecule has 3 rings (SSSR count). The van der Waals surface area contributed by atoms with Crippen molar-refractivity contribution in [1.82, 2.24) is 14.7 Å². The van der Waals surface area contributed by atoms with Gasteiger partial charge >= 0.3 is 0 Å². The number of amides is 1. The molecule has 26 heavy (non-hydrogen) atoms. The molecule has 0 saturated carbocycles. The molecule has 3 aromatic rings. The maximum absolute atomic E-state index is 12.3. The van der Waals surface area contributed by atoms with Gasteiger partial charge in [0.2, 0.25) is 5.91 Å². The van der Waals surface area contributed by atoms with Crippen molar-refractivity contribution in [1.29, 1.82) is 0 Å². The Balaban J connectivity index is 1.80. The van der Waals surface area contributed by atoms with Crippen LogP contribution < -0.4 is 10.9 Å². The summed E-state index contributed by atoms with van der Waals surface area (Å²) in [6.07, 6.45) is 1.55. The van der Waals surface area contributed by atoms with Gasteiger partial charge in [0.1, 0.15) is 6.54 Å². The first-order valence-corrected chi connectivity index (χ1v) is 8.34. The van der Waals surface area contributed by atoms with E-state index >= 15 is 0 Å². The largest absolute Gasteiger partial charge is 0.334 e. The molecule has 0 bridgehead atoms. The van der Waals surface area contributed by atoms with E-state index in [9.17, 15) is 9.59 Å². The number of benzene rings is 1. The van der Waals surface area contributed by atoms with Crippen LogP contribution in [-0.4, -0.2) is 20.6 Å². The van der Waals surface area contributed by atoms with Gasteiger partial charge in [0, 0.05) is 23.9 Å². The van der Waals surface area contributed by atoms with Crippen LogP contribution in [0.3, 0.4) is 0 Å². The van der Waals surface area contributed by atoms with E-state index < -0.39 is 0 Å². The summed E-state index contributed by atoms with van der Waals surface area (Å²) in [4.78, 5) is 28.7. The Morgan fingerprint density at radius 3 is 2.69 bits per heavy atom. The van der Waals surface area contributed by atoms with Crippen molar-refractivity contribution >= 4 is 11.6 Å². The maximum Gasteiger partial charge on any atom is 0.259 e. The van der Waals surface area contributed by atoms with Crippen molar-refractivity contribution in [2.75, 3.05) is 5.32 Å². The van der Waals surface area contributed by atoms with Crippen LogP contribution in [0, 0.1) is 6.92 Å². The van der Waals surface area contributed by atoms with E-state index in [1.54, 1.807) is 12.3 Å². The lowest BCUT2D eigenvalue weighted by Gasteiger charge is -2.10. The Morgan fingerprint density at radius 2 is 2.00 bits per heavy atom. The number of anilines is 1. The molecule has 7 heteroatoms. The highest BCUT2D eigenvalue weighted by Crippen LogP contribution is 2.19. The molecule has 0 saturated heterocycles. The topological polar surface area (TPSA) is 90.0 Å². The molecule has 0 aliphatic rings. The number of carbonyl (C=O) groups is 1. The van der Waals surface area contributed by atoms with Gasteiger partial charge in [-0.25, -0.2) is 0 Å². The molecule has 0 radical (unpaired) electrons. The van der Waals surface area contributed by atoms with E-state index in [4.69, 9.17) is 4.52 Å². The molecule has 7 nitrogen and oxygen atoms in total. The molecule has 0 spiro atoms. The number of hydrogen-bond acceptors (Lipinski definition) is 5. The number of para-hydroxylation sites is 1. The first-order chi connectivity index (χ1) is 12.4. The van der Waals surface area contributed by atoms with Crippen LogP contribution in [0.25, 0.3) is 11.5 Å². The lowest BCUT2D eigenvalue weighted by molar-refractivity contribution is -0.116. The number of nitrogens with zero attached hydrogens (tertiary/aromatic N) is 3. The van der Waals surface area contributed by atoms with E-state index in [1.807, 2.05) is 45.0 Å². The Morgan fingerprint density at radius 1 is 1.23 bits per heavy atom. The van der Waals surface area contributed by atoms with Gasteiger partial charge in [0.05, 0.1) is 5.56 Å². The molecular formula is C19H20N4O3. The molecule has 0 fully saturated rings. The molecule has 2 heterocycles. The summed E-state index contributed by atoms with van der Waals surface area (Å²) in [5, 5.41) is 6.73. The number of aromatic nitrogens is 3. The Kier molecular flexibility index (Phi) is 4.97. The second-order valence-electron chi connectivity index (χ2n) is 6.36. The Bertz CT molecular complexity index is 988. The lowest BCUT2D eigenvalue weighted by atomic mass is 10.2. The van der Waals surface area contributed by atoms with E-state index in [1.165, 1.54) is 10.6 Å². The molecule has 0 atom stereocenters. The normalized spacial score (nSPS) is 10.9. The minimum Gasteiger partial charge on any atom is -0.334 e. The fourth-order valence-electron chi connectivity index (χ4n) is 2.43. The quantitative estimate of drug-likeness (QED) is 0.762. The average molecular weight is 352 g/mol. The summed E-state index contributed by atoms with van der Waals surface area (Å²) >= 11 is 0. The number of nitrogens with one attached hydrogen (secondary N) is 1. The first-order valence-electron chi connectivity index (χ1n) is 8.34. The Hall–Kier alpha value is -3.22. The zero-order valence-electron chi connectivity index (χ0n) is 14.9. The third-order valence-electron chi connectivity index (χ3n) is 3.92. The molecule has 0 aliphatic heterocycles. The van der Waals surface area contributed by atoms with Gasteiger partial charge in [-0.2, -0.15) is 4.98 Å². The SMILES string of the molecule is Cc1ccccc1NC(=O)Cn1cc(-c2nc(C(C)C)no2)ccc1=O. The number of rotatable bonds is 5. The average Bonchev–Trinajstić information content (AvgIpc) is 3.09. The molecule has 0 unspecified atom stereocenters. The van der Waals surface area contributed by atoms with Crippen molar-refractivity contribution in [3.8, 4) is 11.5 Å². The van der Waals surface area contributed by atoms with Crippen LogP contribution >= 0.6 is 0 Å². The maximum atomic E-state index is 12.3. The monoisotopic (exact) mass is 352 g/mol. The predicted octanol–water partition coefficient (Wildman–Crippen LogP) is 2.97. The zero-order valence-corrected chi connectivity index (χ0v) is 14.9. The van der Waals surface area contributed by atoms with E-state index in [0.29, 0.717) is 17.3 Å². The fraction of sp³-hybridized carbons (Fsp3) is 0.263. The minimum absolute atomic E-state index is 0.105. The van der Waals surface area contributed by atoms with Crippen LogP contribution in [0.4, 0.5) is 5.69 Å². The highest BCUT2D eigenvalue weighted by Gasteiger charge is 2.13. The number of carbonyl (C=O) groups excluding carboxylic acids is 1. The summed E-state index contributed by atoms with van der Waals surface area (Å²) in [7, 11) is 0. The van der Waals surface area contributed by atoms with E-state index in [0.717, 1.165) is 11.3 Å². The summed E-state index contributed by atoms with van der Waals surface area (Å²) in [5.74, 6) is 0.766. The van der Waals surface area contributed by atoms with Crippen molar-refractivity contribution in [3.05, 3.63) is 64.3 Å². The predicted molar refractivity (Wildman–Crippen MR) is 97.9 cm³/mol. The molecule has 0 aliphatic carbocycles. The number of aryl methyl sites for hydroxylation is 1. The van der Waals surface area contributed by atoms with Gasteiger partial charge in [0.15, 0.2) is 5.82 Å². The molecular weight excluding hydrogens is 332 g/mol. The van der Waals surface area contributed by atoms with Gasteiger partial charge in [-0.3, -0.25) is 9.59 Å². The molecule has 134 valence electrons. The second-order valence-corrected chi connectivity index (χ2v) is 6.36. The van der Waals surface area contributed by atoms with Gasteiger partial charge in [0.25, 0.3) is 11.4 Å². The fourth-order valence-corrected chi connectivity index (χ4v) is 2.43. The van der Waals surface area contributed by atoms with Crippen molar-refractivity contribution in [2.24, 2.45) is 0 Å². The van der Waals surface area contributed by atoms with E-state index in [-0.39, 0.29) is 23.9 Å². The summed E-state index contributed by atoms with van der Waals surface area (Å²) in [5.41, 5.74) is 1.99. The molecule has 1 aromatic carbocycles. The standard InChI is InChI=1S/C19H20N4O3/c1-12(2)18-21-19(26-22-18)14-8-9-17(25)23(10-14)11-16(24)20-15-7-5-4-6-13(15)3/h4-10,12H,11H2,1-3H3,(H,20,24). The third-order valence-corrected chi connectivity index (χ3v) is 3.92. The van der Waals surface area contributed by atoms with Gasteiger partial charge in [-0.15, -0.1) is 0 Å². The smallest absolute Gasteiger partial charge is 0.259 e. The van der Waals surface area contributed by atoms with Gasteiger partial charge in [-0.05, 0) is 24.6 Å². The molecule has 1 amide bonds. The van der Waals surface area contributed by atoms with Crippen LogP contribution in [0.15, 0.2) is 51.9 Å². The first kappa shape index (κ1) is 17.6. The van der Waals surface area contributed by atoms with Crippen molar-refractivity contribution in [2.45, 2.75) is 33.2 Å². The van der Waals surface area contributed by atoms with Crippen LogP contribution in [-0.2, 0) is 11.3 Å². The van der Waals surface area contributed by atoms with Crippen LogP contribution in [0.1, 0.15) is 31.2 Å². The summed E-state index contributed by atoms with van der Waals surface area (Å²) in [6, 6.07) is 10.5. The summed E-state index contributed by atoms with van der Waals surface area (Å²) < 4.78 is 6.57. The van der Waals surface area contributed by atoms with Gasteiger partial charge < -0.3 is 14.4 Å². The highest BCUT2D eigenvalue weighted by atomic mass is 16.5. The van der Waals surface area contributed by atoms with Crippen molar-refractivity contribution < 1.29 is 9.32 Å². The lowest BCUT2D eigenvalue weighted by Crippen LogP contribution is -2.27. The van der Waals surface area contributed by atoms with Crippen LogP contribution in [0.2, 0.25) is 0 Å². The summed E-state index contributed by atoms with van der Waals surface area (Å²) in [6.45, 7) is 5.73. The second kappa shape index (κ2) is 7.35. The molecule has 2 aromatic heterocycles. The Labute approximate surface area is 150 Å². The van der Waals surface area contributed by atoms with E-state index in [2.05, 4.69) is 15.5 Å². The zero-order chi connectivity index (χ0) is 18.7. The molecule has 1 N–H and O–H groups in total. The number of pyridine rings is 1. The van der Waals surface area contributed by atoms with Gasteiger partial charge in [-0.1, -0.05) is 37.2 Å².